The van der Waals surface area contributed by atoms with E-state index in [2.05, 4.69) is 17.9 Å². The third-order valence-corrected chi connectivity index (χ3v) is 3.58. The van der Waals surface area contributed by atoms with E-state index >= 15 is 0 Å². The van der Waals surface area contributed by atoms with Gasteiger partial charge in [0.2, 0.25) is 0 Å². The van der Waals surface area contributed by atoms with Crippen molar-refractivity contribution in [1.82, 2.24) is 0 Å². The van der Waals surface area contributed by atoms with E-state index in [4.69, 9.17) is 4.74 Å². The monoisotopic (exact) mass is 311 g/mol. The Bertz CT molecular complexity index is 698. The average molecular weight is 311 g/mol. The first kappa shape index (κ1) is 14.1. The van der Waals surface area contributed by atoms with E-state index < -0.39 is 11.7 Å². The van der Waals surface area contributed by atoms with Gasteiger partial charge in [-0.15, -0.1) is 0 Å². The summed E-state index contributed by atoms with van der Waals surface area (Å²) in [6, 6.07) is 8.86. The van der Waals surface area contributed by atoms with Crippen LogP contribution in [0.4, 0.5) is 24.5 Å². The van der Waals surface area contributed by atoms with Crippen molar-refractivity contribution in [2.45, 2.75) is 18.3 Å². The molecule has 0 bridgehead atoms. The predicted molar refractivity (Wildman–Crippen MR) is 78.6 cm³/mol. The van der Waals surface area contributed by atoms with Gasteiger partial charge in [0.05, 0.1) is 16.9 Å². The molecular formula is C15H12F3NOS. The molecule has 2 aromatic carbocycles. The lowest BCUT2D eigenvalue weighted by Crippen LogP contribution is -2.08. The SMILES string of the molecule is CC(S)c1ccc2c(c1)Nc1ccc(C(F)(F)F)cc1O2. The Hall–Kier alpha value is -1.82. The Morgan fingerprint density at radius 1 is 1.05 bits per heavy atom. The van der Waals surface area contributed by atoms with E-state index in [0.29, 0.717) is 11.4 Å². The van der Waals surface area contributed by atoms with Gasteiger partial charge < -0.3 is 10.1 Å². The summed E-state index contributed by atoms with van der Waals surface area (Å²) < 4.78 is 43.7. The minimum Gasteiger partial charge on any atom is -0.453 e. The smallest absolute Gasteiger partial charge is 0.416 e. The fourth-order valence-electron chi connectivity index (χ4n) is 2.14. The van der Waals surface area contributed by atoms with Crippen LogP contribution in [0.25, 0.3) is 0 Å². The summed E-state index contributed by atoms with van der Waals surface area (Å²) in [6.07, 6.45) is -4.38. The van der Waals surface area contributed by atoms with Gasteiger partial charge in [-0.05, 0) is 42.8 Å². The van der Waals surface area contributed by atoms with Crippen LogP contribution in [0.2, 0.25) is 0 Å². The number of thiol groups is 1. The number of hydrogen-bond donors (Lipinski definition) is 2. The summed E-state index contributed by atoms with van der Waals surface area (Å²) in [5.74, 6) is 0.670. The largest absolute Gasteiger partial charge is 0.453 e. The highest BCUT2D eigenvalue weighted by atomic mass is 32.1. The predicted octanol–water partition coefficient (Wildman–Crippen LogP) is 5.55. The van der Waals surface area contributed by atoms with Crippen LogP contribution >= 0.6 is 12.6 Å². The van der Waals surface area contributed by atoms with Crippen molar-refractivity contribution >= 4 is 24.0 Å². The maximum atomic E-state index is 12.7. The second-order valence-corrected chi connectivity index (χ2v) is 5.64. The molecule has 6 heteroatoms. The molecule has 1 N–H and O–H groups in total. The van der Waals surface area contributed by atoms with Gasteiger partial charge in [0.15, 0.2) is 11.5 Å². The van der Waals surface area contributed by atoms with Crippen LogP contribution in [0.5, 0.6) is 11.5 Å². The lowest BCUT2D eigenvalue weighted by Gasteiger charge is -2.23. The van der Waals surface area contributed by atoms with Crippen LogP contribution in [0.1, 0.15) is 23.3 Å². The van der Waals surface area contributed by atoms with Crippen LogP contribution in [0.15, 0.2) is 36.4 Å². The van der Waals surface area contributed by atoms with Crippen LogP contribution in [0.3, 0.4) is 0 Å². The molecule has 1 aliphatic heterocycles. The average Bonchev–Trinajstić information content (AvgIpc) is 2.42. The fourth-order valence-corrected chi connectivity index (χ4v) is 2.30. The number of ether oxygens (including phenoxy) is 1. The molecule has 0 saturated carbocycles. The second kappa shape index (κ2) is 4.87. The van der Waals surface area contributed by atoms with Crippen LogP contribution < -0.4 is 10.1 Å². The summed E-state index contributed by atoms with van der Waals surface area (Å²) in [4.78, 5) is 0. The maximum Gasteiger partial charge on any atom is 0.416 e. The van der Waals surface area contributed by atoms with Gasteiger partial charge in [-0.25, -0.2) is 0 Å². The standard InChI is InChI=1S/C15H12F3NOS/c1-8(21)9-2-5-13-12(6-9)19-11-4-3-10(15(16,17)18)7-14(11)20-13/h2-8,19,21H,1H3. The Labute approximate surface area is 125 Å². The summed E-state index contributed by atoms with van der Waals surface area (Å²) in [5.41, 5.74) is 1.51. The molecule has 0 saturated heterocycles. The molecule has 1 unspecified atom stereocenters. The van der Waals surface area contributed by atoms with E-state index in [9.17, 15) is 13.2 Å². The molecule has 0 fully saturated rings. The lowest BCUT2D eigenvalue weighted by atomic mass is 10.1. The van der Waals surface area contributed by atoms with Gasteiger partial charge in [0.25, 0.3) is 0 Å². The number of fused-ring (bicyclic) bond motifs is 2. The molecule has 0 spiro atoms. The van der Waals surface area contributed by atoms with Gasteiger partial charge in [-0.1, -0.05) is 6.07 Å². The third kappa shape index (κ3) is 2.68. The number of alkyl halides is 3. The van der Waals surface area contributed by atoms with Gasteiger partial charge in [-0.2, -0.15) is 25.8 Å². The minimum absolute atomic E-state index is 0.0612. The number of nitrogens with one attached hydrogen (secondary N) is 1. The normalized spacial score (nSPS) is 14.5. The Morgan fingerprint density at radius 2 is 1.81 bits per heavy atom. The van der Waals surface area contributed by atoms with Crippen LogP contribution in [-0.4, -0.2) is 0 Å². The van der Waals surface area contributed by atoms with Crippen molar-refractivity contribution in [3.8, 4) is 11.5 Å². The number of hydrogen-bond acceptors (Lipinski definition) is 3. The fraction of sp³-hybridized carbons (Fsp3) is 0.200. The zero-order valence-electron chi connectivity index (χ0n) is 11.0. The first-order valence-electron chi connectivity index (χ1n) is 6.33. The molecule has 2 aromatic rings. The maximum absolute atomic E-state index is 12.7. The Balaban J connectivity index is 1.98. The van der Waals surface area contributed by atoms with Gasteiger partial charge in [0, 0.05) is 5.25 Å². The zero-order chi connectivity index (χ0) is 15.2. The third-order valence-electron chi connectivity index (χ3n) is 3.28. The van der Waals surface area contributed by atoms with E-state index in [0.717, 1.165) is 23.4 Å². The molecule has 110 valence electrons. The Morgan fingerprint density at radius 3 is 2.48 bits per heavy atom. The van der Waals surface area contributed by atoms with Crippen molar-refractivity contribution < 1.29 is 17.9 Å². The van der Waals surface area contributed by atoms with E-state index in [1.54, 1.807) is 6.07 Å². The number of halogens is 3. The first-order chi connectivity index (χ1) is 9.84. The number of rotatable bonds is 1. The molecule has 1 aliphatic rings. The van der Waals surface area contributed by atoms with Crippen molar-refractivity contribution in [3.63, 3.8) is 0 Å². The lowest BCUT2D eigenvalue weighted by molar-refractivity contribution is -0.137. The van der Waals surface area contributed by atoms with E-state index in [-0.39, 0.29) is 11.0 Å². The van der Waals surface area contributed by atoms with E-state index in [1.165, 1.54) is 6.07 Å². The molecule has 0 radical (unpaired) electrons. The molecular weight excluding hydrogens is 299 g/mol. The summed E-state index contributed by atoms with van der Waals surface area (Å²) >= 11 is 4.36. The quantitative estimate of drug-likeness (QED) is 0.575. The van der Waals surface area contributed by atoms with Crippen molar-refractivity contribution in [2.75, 3.05) is 5.32 Å². The molecule has 21 heavy (non-hydrogen) atoms. The van der Waals surface area contributed by atoms with Crippen LogP contribution in [-0.2, 0) is 6.18 Å². The highest BCUT2D eigenvalue weighted by molar-refractivity contribution is 7.80. The molecule has 0 amide bonds. The molecule has 0 aromatic heterocycles. The van der Waals surface area contributed by atoms with Crippen molar-refractivity contribution in [1.29, 1.82) is 0 Å². The minimum atomic E-state index is -4.38. The topological polar surface area (TPSA) is 21.3 Å². The van der Waals surface area contributed by atoms with Gasteiger partial charge in [0.1, 0.15) is 0 Å². The van der Waals surface area contributed by atoms with E-state index in [1.807, 2.05) is 19.1 Å². The number of benzene rings is 2. The number of anilines is 2. The van der Waals surface area contributed by atoms with Gasteiger partial charge >= 0.3 is 6.18 Å². The first-order valence-corrected chi connectivity index (χ1v) is 6.84. The zero-order valence-corrected chi connectivity index (χ0v) is 11.9. The second-order valence-electron chi connectivity index (χ2n) is 4.87. The summed E-state index contributed by atoms with van der Waals surface area (Å²) in [7, 11) is 0. The molecule has 1 heterocycles. The van der Waals surface area contributed by atoms with Crippen molar-refractivity contribution in [3.05, 3.63) is 47.5 Å². The molecule has 2 nitrogen and oxygen atoms in total. The highest BCUT2D eigenvalue weighted by Crippen LogP contribution is 2.45. The van der Waals surface area contributed by atoms with Gasteiger partial charge in [-0.3, -0.25) is 0 Å². The molecule has 0 aliphatic carbocycles. The summed E-state index contributed by atoms with van der Waals surface area (Å²) in [6.45, 7) is 1.94. The molecule has 3 rings (SSSR count). The van der Waals surface area contributed by atoms with Crippen LogP contribution in [0, 0.1) is 0 Å². The highest BCUT2D eigenvalue weighted by Gasteiger charge is 2.32. The molecule has 1 atom stereocenters. The Kier molecular flexibility index (Phi) is 3.28. The summed E-state index contributed by atoms with van der Waals surface area (Å²) in [5, 5.41) is 3.15. The van der Waals surface area contributed by atoms with Crippen molar-refractivity contribution in [2.24, 2.45) is 0 Å².